The molecule has 1 rings (SSSR count). The van der Waals surface area contributed by atoms with Gasteiger partial charge in [-0.25, -0.2) is 0 Å². The normalized spacial score (nSPS) is 26.1. The molecule has 1 aliphatic rings. The largest absolute Gasteiger partial charge is 0.313 e. The maximum Gasteiger partial charge on any atom is 0.0118 e. The Morgan fingerprint density at radius 1 is 1.43 bits per heavy atom. The van der Waals surface area contributed by atoms with E-state index in [9.17, 15) is 0 Å². The van der Waals surface area contributed by atoms with Gasteiger partial charge in [-0.15, -0.1) is 6.58 Å². The van der Waals surface area contributed by atoms with Crippen molar-refractivity contribution < 1.29 is 0 Å². The first kappa shape index (κ1) is 11.8. The van der Waals surface area contributed by atoms with Gasteiger partial charge in [-0.1, -0.05) is 32.3 Å². The van der Waals surface area contributed by atoms with E-state index in [2.05, 4.69) is 32.7 Å². The first-order chi connectivity index (χ1) is 6.52. The summed E-state index contributed by atoms with van der Waals surface area (Å²) in [6.45, 7) is 11.9. The second-order valence-electron chi connectivity index (χ2n) is 5.45. The lowest BCUT2D eigenvalue weighted by Gasteiger charge is -2.39. The van der Waals surface area contributed by atoms with Gasteiger partial charge in [0.2, 0.25) is 0 Å². The highest BCUT2D eigenvalue weighted by Gasteiger charge is 2.31. The SMILES string of the molecule is C=C(C)CCNC1CCCCC1(C)C. The Balaban J connectivity index is 2.31. The van der Waals surface area contributed by atoms with E-state index in [0.29, 0.717) is 5.41 Å². The van der Waals surface area contributed by atoms with E-state index in [1.807, 2.05) is 0 Å². The molecule has 0 bridgehead atoms. The summed E-state index contributed by atoms with van der Waals surface area (Å²) < 4.78 is 0. The molecule has 0 amide bonds. The molecule has 1 unspecified atom stereocenters. The van der Waals surface area contributed by atoms with Gasteiger partial charge >= 0.3 is 0 Å². The van der Waals surface area contributed by atoms with Crippen LogP contribution in [0.2, 0.25) is 0 Å². The maximum atomic E-state index is 3.93. The zero-order valence-electron chi connectivity index (χ0n) is 10.0. The predicted octanol–water partition coefficient (Wildman–Crippen LogP) is 3.51. The fraction of sp³-hybridized carbons (Fsp3) is 0.846. The molecular formula is C13H25N. The Kier molecular flexibility index (Phi) is 4.18. The van der Waals surface area contributed by atoms with Gasteiger partial charge in [0, 0.05) is 6.04 Å². The summed E-state index contributed by atoms with van der Waals surface area (Å²) in [7, 11) is 0. The van der Waals surface area contributed by atoms with Gasteiger partial charge in [0.05, 0.1) is 0 Å². The van der Waals surface area contributed by atoms with Crippen molar-refractivity contribution in [3.63, 3.8) is 0 Å². The third-order valence-corrected chi connectivity index (χ3v) is 3.45. The van der Waals surface area contributed by atoms with Crippen LogP contribution in [0.4, 0.5) is 0 Å². The van der Waals surface area contributed by atoms with E-state index >= 15 is 0 Å². The molecule has 0 aliphatic heterocycles. The third kappa shape index (κ3) is 3.45. The number of hydrogen-bond donors (Lipinski definition) is 1. The Morgan fingerprint density at radius 2 is 2.14 bits per heavy atom. The molecule has 1 fully saturated rings. The molecule has 0 spiro atoms. The van der Waals surface area contributed by atoms with Crippen LogP contribution in [-0.4, -0.2) is 12.6 Å². The van der Waals surface area contributed by atoms with Crippen molar-refractivity contribution in [1.82, 2.24) is 5.32 Å². The lowest BCUT2D eigenvalue weighted by molar-refractivity contribution is 0.169. The van der Waals surface area contributed by atoms with Crippen LogP contribution in [0.1, 0.15) is 52.9 Å². The highest BCUT2D eigenvalue weighted by Crippen LogP contribution is 2.35. The van der Waals surface area contributed by atoms with Gasteiger partial charge in [0.1, 0.15) is 0 Å². The van der Waals surface area contributed by atoms with Gasteiger partial charge in [0.15, 0.2) is 0 Å². The van der Waals surface area contributed by atoms with Crippen LogP contribution in [-0.2, 0) is 0 Å². The van der Waals surface area contributed by atoms with Crippen LogP contribution >= 0.6 is 0 Å². The number of nitrogens with one attached hydrogen (secondary N) is 1. The number of rotatable bonds is 4. The lowest BCUT2D eigenvalue weighted by atomic mass is 9.73. The first-order valence-corrected chi connectivity index (χ1v) is 5.90. The Morgan fingerprint density at radius 3 is 2.71 bits per heavy atom. The summed E-state index contributed by atoms with van der Waals surface area (Å²) in [5.41, 5.74) is 1.78. The Labute approximate surface area is 89.0 Å². The summed E-state index contributed by atoms with van der Waals surface area (Å²) in [5.74, 6) is 0. The van der Waals surface area contributed by atoms with E-state index < -0.39 is 0 Å². The average Bonchev–Trinajstić information content (AvgIpc) is 2.07. The highest BCUT2D eigenvalue weighted by molar-refractivity contribution is 4.91. The molecule has 0 aromatic heterocycles. The molecular weight excluding hydrogens is 170 g/mol. The molecule has 1 atom stereocenters. The molecule has 0 heterocycles. The highest BCUT2D eigenvalue weighted by atomic mass is 14.9. The van der Waals surface area contributed by atoms with Gasteiger partial charge in [-0.05, 0) is 38.1 Å². The van der Waals surface area contributed by atoms with Crippen molar-refractivity contribution in [2.75, 3.05) is 6.54 Å². The fourth-order valence-corrected chi connectivity index (χ4v) is 2.33. The van der Waals surface area contributed by atoms with Crippen LogP contribution in [0.3, 0.4) is 0 Å². The van der Waals surface area contributed by atoms with Gasteiger partial charge in [-0.2, -0.15) is 0 Å². The smallest absolute Gasteiger partial charge is 0.0118 e. The molecule has 1 heteroatoms. The van der Waals surface area contributed by atoms with Crippen molar-refractivity contribution >= 4 is 0 Å². The minimum atomic E-state index is 0.493. The van der Waals surface area contributed by atoms with E-state index in [-0.39, 0.29) is 0 Å². The van der Waals surface area contributed by atoms with E-state index in [1.165, 1.54) is 31.3 Å². The maximum absolute atomic E-state index is 3.93. The zero-order valence-corrected chi connectivity index (χ0v) is 10.0. The molecule has 0 saturated heterocycles. The monoisotopic (exact) mass is 195 g/mol. The van der Waals surface area contributed by atoms with Crippen LogP contribution in [0.5, 0.6) is 0 Å². The van der Waals surface area contributed by atoms with Crippen LogP contribution < -0.4 is 5.32 Å². The predicted molar refractivity (Wildman–Crippen MR) is 63.5 cm³/mol. The molecule has 1 N–H and O–H groups in total. The molecule has 1 aliphatic carbocycles. The van der Waals surface area contributed by atoms with Crippen molar-refractivity contribution in [3.05, 3.63) is 12.2 Å². The fourth-order valence-electron chi connectivity index (χ4n) is 2.33. The molecule has 0 aromatic carbocycles. The van der Waals surface area contributed by atoms with Crippen molar-refractivity contribution in [2.45, 2.75) is 58.9 Å². The van der Waals surface area contributed by atoms with Gasteiger partial charge in [0.25, 0.3) is 0 Å². The zero-order chi connectivity index (χ0) is 10.6. The van der Waals surface area contributed by atoms with Crippen LogP contribution in [0.15, 0.2) is 12.2 Å². The molecule has 82 valence electrons. The second kappa shape index (κ2) is 4.97. The quantitative estimate of drug-likeness (QED) is 0.677. The molecule has 0 aromatic rings. The molecule has 1 saturated carbocycles. The summed E-state index contributed by atoms with van der Waals surface area (Å²) in [5, 5.41) is 3.68. The third-order valence-electron chi connectivity index (χ3n) is 3.45. The second-order valence-corrected chi connectivity index (χ2v) is 5.45. The standard InChI is InChI=1S/C13H25N/c1-11(2)8-10-14-12-7-5-6-9-13(12,3)4/h12,14H,1,5-10H2,2-4H3. The average molecular weight is 195 g/mol. The first-order valence-electron chi connectivity index (χ1n) is 5.90. The number of hydrogen-bond acceptors (Lipinski definition) is 1. The minimum absolute atomic E-state index is 0.493. The Hall–Kier alpha value is -0.300. The van der Waals surface area contributed by atoms with Gasteiger partial charge < -0.3 is 5.32 Å². The van der Waals surface area contributed by atoms with Crippen LogP contribution in [0.25, 0.3) is 0 Å². The Bertz CT molecular complexity index is 193. The molecule has 1 nitrogen and oxygen atoms in total. The van der Waals surface area contributed by atoms with E-state index in [4.69, 9.17) is 0 Å². The molecule has 0 radical (unpaired) electrons. The summed E-state index contributed by atoms with van der Waals surface area (Å²) in [6, 6.07) is 0.718. The van der Waals surface area contributed by atoms with Crippen molar-refractivity contribution in [3.8, 4) is 0 Å². The van der Waals surface area contributed by atoms with E-state index in [0.717, 1.165) is 19.0 Å². The van der Waals surface area contributed by atoms with Crippen molar-refractivity contribution in [1.29, 1.82) is 0 Å². The summed E-state index contributed by atoms with van der Waals surface area (Å²) in [6.07, 6.45) is 6.65. The summed E-state index contributed by atoms with van der Waals surface area (Å²) in [4.78, 5) is 0. The van der Waals surface area contributed by atoms with E-state index in [1.54, 1.807) is 0 Å². The molecule has 14 heavy (non-hydrogen) atoms. The topological polar surface area (TPSA) is 12.0 Å². The van der Waals surface area contributed by atoms with Crippen molar-refractivity contribution in [2.24, 2.45) is 5.41 Å². The van der Waals surface area contributed by atoms with Gasteiger partial charge in [-0.3, -0.25) is 0 Å². The summed E-state index contributed by atoms with van der Waals surface area (Å²) >= 11 is 0. The van der Waals surface area contributed by atoms with Crippen LogP contribution in [0, 0.1) is 5.41 Å². The minimum Gasteiger partial charge on any atom is -0.313 e. The lowest BCUT2D eigenvalue weighted by Crippen LogP contribution is -2.44.